The van der Waals surface area contributed by atoms with E-state index in [1.165, 1.54) is 17.0 Å². The molecule has 10 nitrogen and oxygen atoms in total. The first-order valence-corrected chi connectivity index (χ1v) is 11.4. The van der Waals surface area contributed by atoms with Crippen LogP contribution in [0.25, 0.3) is 10.9 Å². The Hall–Kier alpha value is -4.00. The average molecular weight is 463 g/mol. The van der Waals surface area contributed by atoms with Gasteiger partial charge in [-0.1, -0.05) is 12.5 Å². The number of likely N-dealkylation sites (tertiary alicyclic amines) is 1. The number of nitrogens with one attached hydrogen (secondary N) is 3. The fourth-order valence-electron chi connectivity index (χ4n) is 5.49. The molecule has 1 saturated heterocycles. The van der Waals surface area contributed by atoms with Crippen molar-refractivity contribution < 1.29 is 14.3 Å². The lowest BCUT2D eigenvalue weighted by Gasteiger charge is -2.27. The van der Waals surface area contributed by atoms with E-state index in [0.29, 0.717) is 18.0 Å². The molecule has 3 N–H and O–H groups in total. The number of imidazole rings is 1. The number of carbonyl (C=O) groups excluding carboxylic acids is 2. The van der Waals surface area contributed by atoms with E-state index in [9.17, 15) is 19.6 Å². The van der Waals surface area contributed by atoms with Gasteiger partial charge < -0.3 is 24.9 Å². The topological polar surface area (TPSA) is 136 Å². The standard InChI is InChI=1S/C24H26N6O4/c1-34-20-7-3-6-18-17(20)10-19(28-18)23(32)30-12-14-4-2-5-16(14)21(30)22(31)27-15(11-25)13-29-9-8-26-24(29)33/h3,6-10,14-16,21,28H,2,4-5,12-13H2,1H3,(H,26,33)(H,27,31). The molecule has 34 heavy (non-hydrogen) atoms. The molecule has 1 aliphatic heterocycles. The second kappa shape index (κ2) is 8.74. The molecule has 4 unspecified atom stereocenters. The van der Waals surface area contributed by atoms with Gasteiger partial charge in [0.1, 0.15) is 23.5 Å². The predicted molar refractivity (Wildman–Crippen MR) is 123 cm³/mol. The van der Waals surface area contributed by atoms with Gasteiger partial charge in [-0.05, 0) is 42.9 Å². The molecule has 2 aromatic heterocycles. The second-order valence-corrected chi connectivity index (χ2v) is 8.97. The third-order valence-electron chi connectivity index (χ3n) is 7.07. The van der Waals surface area contributed by atoms with Gasteiger partial charge in [-0.25, -0.2) is 4.79 Å². The number of carbonyl (C=O) groups is 2. The molecule has 10 heteroatoms. The second-order valence-electron chi connectivity index (χ2n) is 8.97. The smallest absolute Gasteiger partial charge is 0.325 e. The lowest BCUT2D eigenvalue weighted by atomic mass is 9.93. The minimum Gasteiger partial charge on any atom is -0.496 e. The number of amides is 2. The Morgan fingerprint density at radius 3 is 2.94 bits per heavy atom. The zero-order valence-electron chi connectivity index (χ0n) is 18.8. The van der Waals surface area contributed by atoms with Gasteiger partial charge >= 0.3 is 5.69 Å². The first-order chi connectivity index (χ1) is 16.5. The van der Waals surface area contributed by atoms with Crippen LogP contribution >= 0.6 is 0 Å². The summed E-state index contributed by atoms with van der Waals surface area (Å²) in [4.78, 5) is 46.1. The van der Waals surface area contributed by atoms with Crippen molar-refractivity contribution in [1.82, 2.24) is 24.8 Å². The van der Waals surface area contributed by atoms with E-state index in [2.05, 4.69) is 21.4 Å². The molecule has 3 aromatic rings. The average Bonchev–Trinajstić information content (AvgIpc) is 3.61. The normalized spacial score (nSPS) is 22.4. The molecule has 2 amide bonds. The van der Waals surface area contributed by atoms with Crippen molar-refractivity contribution in [3.05, 3.63) is 52.8 Å². The summed E-state index contributed by atoms with van der Waals surface area (Å²) in [6, 6.07) is 7.82. The third-order valence-corrected chi connectivity index (χ3v) is 7.07. The highest BCUT2D eigenvalue weighted by Gasteiger charge is 2.50. The van der Waals surface area contributed by atoms with E-state index in [4.69, 9.17) is 4.74 Å². The van der Waals surface area contributed by atoms with E-state index >= 15 is 0 Å². The van der Waals surface area contributed by atoms with Crippen molar-refractivity contribution in [3.8, 4) is 11.8 Å². The maximum Gasteiger partial charge on any atom is 0.325 e. The van der Waals surface area contributed by atoms with Crippen LogP contribution < -0.4 is 15.7 Å². The molecular formula is C24H26N6O4. The van der Waals surface area contributed by atoms with Crippen LogP contribution in [-0.4, -0.2) is 57.0 Å². The molecule has 1 aliphatic carbocycles. The number of hydrogen-bond donors (Lipinski definition) is 3. The predicted octanol–water partition coefficient (Wildman–Crippen LogP) is 1.62. The molecular weight excluding hydrogens is 436 g/mol. The molecule has 0 bridgehead atoms. The van der Waals surface area contributed by atoms with Crippen LogP contribution in [0.1, 0.15) is 29.8 Å². The highest BCUT2D eigenvalue weighted by Crippen LogP contribution is 2.43. The van der Waals surface area contributed by atoms with Crippen molar-refractivity contribution >= 4 is 22.7 Å². The summed E-state index contributed by atoms with van der Waals surface area (Å²) in [6.45, 7) is 0.531. The molecule has 5 rings (SSSR count). The maximum atomic E-state index is 13.6. The summed E-state index contributed by atoms with van der Waals surface area (Å²) in [5.41, 5.74) is 0.829. The van der Waals surface area contributed by atoms with Crippen LogP contribution in [0.4, 0.5) is 0 Å². The zero-order chi connectivity index (χ0) is 23.8. The molecule has 2 fully saturated rings. The van der Waals surface area contributed by atoms with Crippen LogP contribution in [0.3, 0.4) is 0 Å². The van der Waals surface area contributed by atoms with Gasteiger partial charge in [0.05, 0.1) is 19.7 Å². The molecule has 2 aliphatic rings. The van der Waals surface area contributed by atoms with E-state index < -0.39 is 12.1 Å². The minimum atomic E-state index is -0.893. The Bertz CT molecular complexity index is 1330. The van der Waals surface area contributed by atoms with Gasteiger partial charge in [-0.2, -0.15) is 5.26 Å². The number of H-pyrrole nitrogens is 2. The Morgan fingerprint density at radius 2 is 2.21 bits per heavy atom. The number of ether oxygens (including phenoxy) is 1. The monoisotopic (exact) mass is 462 g/mol. The van der Waals surface area contributed by atoms with E-state index in [-0.39, 0.29) is 35.9 Å². The van der Waals surface area contributed by atoms with E-state index in [1.807, 2.05) is 18.2 Å². The Morgan fingerprint density at radius 1 is 1.35 bits per heavy atom. The quantitative estimate of drug-likeness (QED) is 0.511. The summed E-state index contributed by atoms with van der Waals surface area (Å²) in [6.07, 6.45) is 5.86. The van der Waals surface area contributed by atoms with E-state index in [0.717, 1.165) is 30.2 Å². The number of aromatic amines is 2. The van der Waals surface area contributed by atoms with Crippen LogP contribution in [0.2, 0.25) is 0 Å². The largest absolute Gasteiger partial charge is 0.496 e. The molecule has 176 valence electrons. The fraction of sp³-hybridized carbons (Fsp3) is 0.417. The number of methoxy groups -OCH3 is 1. The van der Waals surface area contributed by atoms with Crippen LogP contribution in [0, 0.1) is 23.2 Å². The van der Waals surface area contributed by atoms with Gasteiger partial charge in [-0.3, -0.25) is 14.2 Å². The van der Waals surface area contributed by atoms with Crippen molar-refractivity contribution in [2.24, 2.45) is 11.8 Å². The van der Waals surface area contributed by atoms with Gasteiger partial charge in [-0.15, -0.1) is 0 Å². The van der Waals surface area contributed by atoms with Gasteiger partial charge in [0.25, 0.3) is 5.91 Å². The first-order valence-electron chi connectivity index (χ1n) is 11.4. The van der Waals surface area contributed by atoms with Gasteiger partial charge in [0.15, 0.2) is 0 Å². The first kappa shape index (κ1) is 21.8. The number of nitriles is 1. The summed E-state index contributed by atoms with van der Waals surface area (Å²) in [5, 5.41) is 13.2. The van der Waals surface area contributed by atoms with Gasteiger partial charge in [0, 0.05) is 29.8 Å². The van der Waals surface area contributed by atoms with Crippen molar-refractivity contribution in [1.29, 1.82) is 5.26 Å². The van der Waals surface area contributed by atoms with Crippen molar-refractivity contribution in [2.75, 3.05) is 13.7 Å². The number of hydrogen-bond acceptors (Lipinski definition) is 5. The summed E-state index contributed by atoms with van der Waals surface area (Å²) < 4.78 is 6.74. The molecule has 0 radical (unpaired) electrons. The summed E-state index contributed by atoms with van der Waals surface area (Å²) in [7, 11) is 1.58. The Kier molecular flexibility index (Phi) is 5.61. The van der Waals surface area contributed by atoms with Crippen LogP contribution in [-0.2, 0) is 11.3 Å². The Labute approximate surface area is 195 Å². The van der Waals surface area contributed by atoms with Crippen molar-refractivity contribution in [3.63, 3.8) is 0 Å². The van der Waals surface area contributed by atoms with E-state index in [1.54, 1.807) is 18.1 Å². The molecule has 4 atom stereocenters. The number of fused-ring (bicyclic) bond motifs is 2. The van der Waals surface area contributed by atoms with Crippen molar-refractivity contribution in [2.45, 2.75) is 37.9 Å². The third kappa shape index (κ3) is 3.73. The molecule has 3 heterocycles. The highest BCUT2D eigenvalue weighted by molar-refractivity contribution is 6.02. The highest BCUT2D eigenvalue weighted by atomic mass is 16.5. The SMILES string of the molecule is COc1cccc2[nH]c(C(=O)N3CC4CCCC4C3C(=O)NC(C#N)Cn3cc[nH]c3=O)cc12. The fourth-order valence-corrected chi connectivity index (χ4v) is 5.49. The number of nitrogens with zero attached hydrogens (tertiary/aromatic N) is 3. The number of aromatic nitrogens is 3. The summed E-state index contributed by atoms with van der Waals surface area (Å²) in [5.74, 6) is 0.371. The number of rotatable bonds is 6. The molecule has 1 aromatic carbocycles. The molecule has 1 saturated carbocycles. The molecule has 0 spiro atoms. The van der Waals surface area contributed by atoms with Crippen LogP contribution in [0.5, 0.6) is 5.75 Å². The van der Waals surface area contributed by atoms with Gasteiger partial charge in [0.2, 0.25) is 5.91 Å². The number of benzene rings is 1. The lowest BCUT2D eigenvalue weighted by Crippen LogP contribution is -2.51. The van der Waals surface area contributed by atoms with Crippen LogP contribution in [0.15, 0.2) is 41.5 Å². The minimum absolute atomic E-state index is 0.0289. The lowest BCUT2D eigenvalue weighted by molar-refractivity contribution is -0.126. The Balaban J connectivity index is 1.40. The zero-order valence-corrected chi connectivity index (χ0v) is 18.8. The summed E-state index contributed by atoms with van der Waals surface area (Å²) >= 11 is 0. The maximum absolute atomic E-state index is 13.6.